The Morgan fingerprint density at radius 1 is 0.872 bits per heavy atom. The van der Waals surface area contributed by atoms with Crippen molar-refractivity contribution in [3.8, 4) is 5.75 Å². The molecule has 3 aromatic rings. The predicted molar refractivity (Wildman–Crippen MR) is 154 cm³/mol. The lowest BCUT2D eigenvalue weighted by Crippen LogP contribution is -2.53. The van der Waals surface area contributed by atoms with Crippen LogP contribution in [0.2, 0.25) is 0 Å². The van der Waals surface area contributed by atoms with Crippen LogP contribution in [0.15, 0.2) is 84.9 Å². The Morgan fingerprint density at radius 2 is 1.46 bits per heavy atom. The Bertz CT molecular complexity index is 1300. The van der Waals surface area contributed by atoms with E-state index in [9.17, 15) is 18.0 Å². The largest absolute Gasteiger partial charge is 0.494 e. The van der Waals surface area contributed by atoms with Crippen LogP contribution in [0.1, 0.15) is 31.4 Å². The number of hydrogen-bond acceptors (Lipinski definition) is 5. The molecule has 3 aromatic carbocycles. The molecule has 3 rings (SSSR count). The molecule has 1 atom stereocenters. The highest BCUT2D eigenvalue weighted by molar-refractivity contribution is 7.92. The van der Waals surface area contributed by atoms with E-state index in [2.05, 4.69) is 5.32 Å². The minimum Gasteiger partial charge on any atom is -0.494 e. The Morgan fingerprint density at radius 3 is 2.00 bits per heavy atom. The maximum Gasteiger partial charge on any atom is 0.244 e. The number of sulfonamides is 1. The Kier molecular flexibility index (Phi) is 10.9. The van der Waals surface area contributed by atoms with Crippen LogP contribution in [0.25, 0.3) is 0 Å². The number of nitrogens with one attached hydrogen (secondary N) is 1. The lowest BCUT2D eigenvalue weighted by Gasteiger charge is -2.33. The molecule has 0 saturated heterocycles. The zero-order chi connectivity index (χ0) is 28.3. The molecule has 1 N–H and O–H groups in total. The summed E-state index contributed by atoms with van der Waals surface area (Å²) in [6, 6.07) is 24.6. The van der Waals surface area contributed by atoms with E-state index in [4.69, 9.17) is 4.74 Å². The molecule has 1 unspecified atom stereocenters. The molecular formula is C30H37N3O5S. The number of hydrogen-bond donors (Lipinski definition) is 1. The fourth-order valence-corrected chi connectivity index (χ4v) is 5.04. The van der Waals surface area contributed by atoms with Gasteiger partial charge in [-0.1, -0.05) is 67.6 Å². The summed E-state index contributed by atoms with van der Waals surface area (Å²) in [5.74, 6) is -0.162. The summed E-state index contributed by atoms with van der Waals surface area (Å²) < 4.78 is 32.2. The summed E-state index contributed by atoms with van der Waals surface area (Å²) >= 11 is 0. The van der Waals surface area contributed by atoms with Crippen LogP contribution in [0.5, 0.6) is 5.75 Å². The Hall–Kier alpha value is -3.85. The number of benzene rings is 3. The average Bonchev–Trinajstić information content (AvgIpc) is 2.93. The fraction of sp³-hybridized carbons (Fsp3) is 0.333. The molecule has 0 fully saturated rings. The molecule has 208 valence electrons. The number of nitrogens with zero attached hydrogens (tertiary/aromatic N) is 2. The minimum atomic E-state index is -3.82. The van der Waals surface area contributed by atoms with Crippen LogP contribution in [0.3, 0.4) is 0 Å². The van der Waals surface area contributed by atoms with Crippen molar-refractivity contribution >= 4 is 27.5 Å². The molecule has 8 nitrogen and oxygen atoms in total. The van der Waals surface area contributed by atoms with Gasteiger partial charge in [0.05, 0.1) is 18.6 Å². The van der Waals surface area contributed by atoms with E-state index in [-0.39, 0.29) is 18.9 Å². The Balaban J connectivity index is 1.99. The second kappa shape index (κ2) is 14.3. The predicted octanol–water partition coefficient (Wildman–Crippen LogP) is 4.02. The van der Waals surface area contributed by atoms with Gasteiger partial charge >= 0.3 is 0 Å². The first kappa shape index (κ1) is 29.7. The first-order valence-electron chi connectivity index (χ1n) is 13.1. The zero-order valence-electron chi connectivity index (χ0n) is 22.7. The number of ether oxygens (including phenoxy) is 1. The van der Waals surface area contributed by atoms with Crippen LogP contribution >= 0.6 is 0 Å². The molecule has 0 aliphatic carbocycles. The van der Waals surface area contributed by atoms with E-state index in [1.54, 1.807) is 24.3 Å². The van der Waals surface area contributed by atoms with Crippen LogP contribution < -0.4 is 14.4 Å². The van der Waals surface area contributed by atoms with Gasteiger partial charge in [-0.2, -0.15) is 0 Å². The van der Waals surface area contributed by atoms with Gasteiger partial charge in [0, 0.05) is 19.5 Å². The highest BCUT2D eigenvalue weighted by Gasteiger charge is 2.32. The summed E-state index contributed by atoms with van der Waals surface area (Å²) in [6.45, 7) is 4.47. The topological polar surface area (TPSA) is 96.0 Å². The van der Waals surface area contributed by atoms with Crippen LogP contribution in [-0.2, 0) is 32.6 Å². The number of rotatable bonds is 14. The van der Waals surface area contributed by atoms with Crippen LogP contribution in [-0.4, -0.2) is 57.1 Å². The van der Waals surface area contributed by atoms with E-state index < -0.39 is 28.5 Å². The van der Waals surface area contributed by atoms with Crippen LogP contribution in [0, 0.1) is 0 Å². The lowest BCUT2D eigenvalue weighted by atomic mass is 10.0. The third-order valence-electron chi connectivity index (χ3n) is 6.13. The number of anilines is 1. The highest BCUT2D eigenvalue weighted by Crippen LogP contribution is 2.23. The molecule has 0 aromatic heterocycles. The molecule has 9 heteroatoms. The first-order chi connectivity index (χ1) is 18.7. The summed E-state index contributed by atoms with van der Waals surface area (Å²) in [7, 11) is -3.82. The fourth-order valence-electron chi connectivity index (χ4n) is 4.19. The van der Waals surface area contributed by atoms with Crippen molar-refractivity contribution in [1.29, 1.82) is 0 Å². The van der Waals surface area contributed by atoms with Gasteiger partial charge in [-0.05, 0) is 48.7 Å². The molecule has 2 amide bonds. The molecule has 0 aliphatic heterocycles. The van der Waals surface area contributed by atoms with Gasteiger partial charge in [-0.25, -0.2) is 8.42 Å². The molecule has 0 radical (unpaired) electrons. The highest BCUT2D eigenvalue weighted by atomic mass is 32.2. The summed E-state index contributed by atoms with van der Waals surface area (Å²) in [6.07, 6.45) is 2.10. The molecule has 39 heavy (non-hydrogen) atoms. The van der Waals surface area contributed by atoms with Gasteiger partial charge in [0.25, 0.3) is 0 Å². The van der Waals surface area contributed by atoms with Gasteiger partial charge in [0.2, 0.25) is 21.8 Å². The van der Waals surface area contributed by atoms with Gasteiger partial charge in [0.1, 0.15) is 18.3 Å². The van der Waals surface area contributed by atoms with Crippen molar-refractivity contribution in [1.82, 2.24) is 10.2 Å². The van der Waals surface area contributed by atoms with E-state index in [1.165, 1.54) is 4.90 Å². The Labute approximate surface area is 231 Å². The summed E-state index contributed by atoms with van der Waals surface area (Å²) in [5, 5.41) is 2.93. The van der Waals surface area contributed by atoms with Gasteiger partial charge in [-0.15, -0.1) is 0 Å². The van der Waals surface area contributed by atoms with Crippen molar-refractivity contribution in [3.05, 3.63) is 96.1 Å². The molecule has 0 heterocycles. The second-order valence-corrected chi connectivity index (χ2v) is 11.1. The molecule has 0 saturated carbocycles. The third kappa shape index (κ3) is 8.85. The van der Waals surface area contributed by atoms with Crippen LogP contribution in [0.4, 0.5) is 5.69 Å². The van der Waals surface area contributed by atoms with Crippen molar-refractivity contribution in [2.45, 2.75) is 39.3 Å². The quantitative estimate of drug-likeness (QED) is 0.327. The van der Waals surface area contributed by atoms with Crippen molar-refractivity contribution in [2.75, 3.05) is 30.3 Å². The van der Waals surface area contributed by atoms with E-state index >= 15 is 0 Å². The normalized spacial score (nSPS) is 11.9. The smallest absolute Gasteiger partial charge is 0.244 e. The first-order valence-corrected chi connectivity index (χ1v) is 14.9. The van der Waals surface area contributed by atoms with Crippen molar-refractivity contribution < 1.29 is 22.7 Å². The van der Waals surface area contributed by atoms with Gasteiger partial charge < -0.3 is 15.0 Å². The third-order valence-corrected chi connectivity index (χ3v) is 7.27. The molecule has 0 aliphatic rings. The maximum atomic E-state index is 14.0. The van der Waals surface area contributed by atoms with Gasteiger partial charge in [-0.3, -0.25) is 13.9 Å². The average molecular weight is 552 g/mol. The van der Waals surface area contributed by atoms with E-state index in [0.717, 1.165) is 28.1 Å². The van der Waals surface area contributed by atoms with Crippen molar-refractivity contribution in [3.63, 3.8) is 0 Å². The number of amides is 2. The summed E-state index contributed by atoms with van der Waals surface area (Å²) in [4.78, 5) is 28.9. The van der Waals surface area contributed by atoms with Crippen molar-refractivity contribution in [2.24, 2.45) is 0 Å². The molecule has 0 bridgehead atoms. The van der Waals surface area contributed by atoms with E-state index in [0.29, 0.717) is 24.6 Å². The SMILES string of the molecule is CCCNC(=O)C(Cc1ccccc1)N(Cc1ccccc1)C(=O)CN(c1ccc(OCC)cc1)S(C)(=O)=O. The van der Waals surface area contributed by atoms with E-state index in [1.807, 2.05) is 74.5 Å². The molecular weight excluding hydrogens is 514 g/mol. The number of carbonyl (C=O) groups is 2. The maximum absolute atomic E-state index is 14.0. The second-order valence-electron chi connectivity index (χ2n) is 9.20. The summed E-state index contributed by atoms with van der Waals surface area (Å²) in [5.41, 5.74) is 2.06. The number of carbonyl (C=O) groups excluding carboxylic acids is 2. The monoisotopic (exact) mass is 551 g/mol. The minimum absolute atomic E-state index is 0.150. The van der Waals surface area contributed by atoms with Gasteiger partial charge in [0.15, 0.2) is 0 Å². The lowest BCUT2D eigenvalue weighted by molar-refractivity contribution is -0.140. The molecule has 0 spiro atoms. The zero-order valence-corrected chi connectivity index (χ0v) is 23.6. The standard InChI is InChI=1S/C30H37N3O5S/c1-4-20-31-30(35)28(21-24-12-8-6-9-13-24)32(22-25-14-10-7-11-15-25)29(34)23-33(39(3,36)37)26-16-18-27(19-17-26)38-5-2/h6-19,28H,4-5,20-23H2,1-3H3,(H,31,35).